The van der Waals surface area contributed by atoms with Crippen LogP contribution in [-0.2, 0) is 19.0 Å². The lowest BCUT2D eigenvalue weighted by molar-refractivity contribution is -0.0171. The molecule has 1 rings (SSSR count). The molecule has 0 saturated carbocycles. The van der Waals surface area contributed by atoms with Crippen molar-refractivity contribution < 1.29 is 12.5 Å². The number of hydrogen-bond donors (Lipinski definition) is 0. The highest BCUT2D eigenvalue weighted by molar-refractivity contribution is 14.1. The lowest BCUT2D eigenvalue weighted by Crippen LogP contribution is -2.24. The monoisotopic (exact) mass is 370 g/mol. The van der Waals surface area contributed by atoms with Crippen LogP contribution >= 0.6 is 34.6 Å². The Morgan fingerprint density at radius 3 is 2.53 bits per heavy atom. The van der Waals surface area contributed by atoms with E-state index in [0.29, 0.717) is 19.8 Å². The topological polar surface area (TPSA) is 27.7 Å². The lowest BCUT2D eigenvalue weighted by atomic mass is 10.2. The Bertz CT molecular complexity index is 299. The zero-order chi connectivity index (χ0) is 12.5. The summed E-state index contributed by atoms with van der Waals surface area (Å²) in [4.78, 5) is 0. The van der Waals surface area contributed by atoms with Gasteiger partial charge in [-0.3, -0.25) is 0 Å². The summed E-state index contributed by atoms with van der Waals surface area (Å²) in [6, 6.07) is 7.78. The third-order valence-electron chi connectivity index (χ3n) is 2.26. The molecule has 0 radical (unpaired) electrons. The number of methoxy groups -OCH3 is 1. The SMILES string of the molecule is COC[C@@H](COI)OCCc1ccc(Cl)cc1. The Labute approximate surface area is 121 Å². The highest BCUT2D eigenvalue weighted by Crippen LogP contribution is 2.10. The molecule has 0 heterocycles. The molecular weight excluding hydrogens is 354 g/mol. The van der Waals surface area contributed by atoms with E-state index in [9.17, 15) is 0 Å². The Morgan fingerprint density at radius 1 is 1.24 bits per heavy atom. The molecule has 1 aromatic carbocycles. The maximum atomic E-state index is 5.81. The van der Waals surface area contributed by atoms with Crippen molar-refractivity contribution >= 4 is 34.6 Å². The predicted octanol–water partition coefficient (Wildman–Crippen LogP) is 3.28. The van der Waals surface area contributed by atoms with Crippen LogP contribution in [0.2, 0.25) is 5.02 Å². The van der Waals surface area contributed by atoms with E-state index in [1.54, 1.807) is 7.11 Å². The van der Waals surface area contributed by atoms with E-state index in [-0.39, 0.29) is 6.10 Å². The molecule has 0 aromatic heterocycles. The highest BCUT2D eigenvalue weighted by Gasteiger charge is 2.08. The minimum atomic E-state index is -0.01000. The summed E-state index contributed by atoms with van der Waals surface area (Å²) in [6.07, 6.45) is 0.850. The second-order valence-corrected chi connectivity index (χ2v) is 4.66. The van der Waals surface area contributed by atoms with Crippen molar-refractivity contribution in [3.05, 3.63) is 34.9 Å². The van der Waals surface area contributed by atoms with Gasteiger partial charge >= 0.3 is 0 Å². The molecule has 96 valence electrons. The molecule has 0 unspecified atom stereocenters. The maximum Gasteiger partial charge on any atom is 0.109 e. The summed E-state index contributed by atoms with van der Waals surface area (Å²) in [5.74, 6) is 0. The van der Waals surface area contributed by atoms with Crippen LogP contribution in [0, 0.1) is 0 Å². The van der Waals surface area contributed by atoms with Gasteiger partial charge in [-0.15, -0.1) is 0 Å². The number of ether oxygens (including phenoxy) is 2. The molecule has 17 heavy (non-hydrogen) atoms. The van der Waals surface area contributed by atoms with Crippen LogP contribution < -0.4 is 0 Å². The Morgan fingerprint density at radius 2 is 1.94 bits per heavy atom. The van der Waals surface area contributed by atoms with Crippen LogP contribution in [0.4, 0.5) is 0 Å². The number of halogens is 2. The van der Waals surface area contributed by atoms with Crippen LogP contribution in [0.5, 0.6) is 0 Å². The van der Waals surface area contributed by atoms with Crippen molar-refractivity contribution in [2.45, 2.75) is 12.5 Å². The second kappa shape index (κ2) is 9.10. The summed E-state index contributed by atoms with van der Waals surface area (Å²) >= 11 is 7.67. The van der Waals surface area contributed by atoms with Crippen molar-refractivity contribution in [2.24, 2.45) is 0 Å². The minimum Gasteiger partial charge on any atom is -0.382 e. The van der Waals surface area contributed by atoms with Gasteiger partial charge in [0.25, 0.3) is 0 Å². The molecule has 5 heteroatoms. The maximum absolute atomic E-state index is 5.81. The highest BCUT2D eigenvalue weighted by atomic mass is 127. The molecule has 3 nitrogen and oxygen atoms in total. The lowest BCUT2D eigenvalue weighted by Gasteiger charge is -2.15. The molecule has 1 atom stereocenters. The third kappa shape index (κ3) is 6.57. The zero-order valence-corrected chi connectivity index (χ0v) is 12.6. The van der Waals surface area contributed by atoms with E-state index in [1.807, 2.05) is 47.3 Å². The third-order valence-corrected chi connectivity index (χ3v) is 2.87. The van der Waals surface area contributed by atoms with Gasteiger partial charge in [-0.1, -0.05) is 23.7 Å². The first kappa shape index (κ1) is 15.2. The van der Waals surface area contributed by atoms with Crippen LogP contribution in [0.25, 0.3) is 0 Å². The van der Waals surface area contributed by atoms with E-state index in [0.717, 1.165) is 11.4 Å². The van der Waals surface area contributed by atoms with Crippen LogP contribution in [-0.4, -0.2) is 33.0 Å². The molecule has 0 amide bonds. The van der Waals surface area contributed by atoms with Gasteiger partial charge in [0.1, 0.15) is 29.1 Å². The summed E-state index contributed by atoms with van der Waals surface area (Å²) in [7, 11) is 1.66. The van der Waals surface area contributed by atoms with Crippen molar-refractivity contribution in [1.29, 1.82) is 0 Å². The second-order valence-electron chi connectivity index (χ2n) is 3.60. The van der Waals surface area contributed by atoms with Gasteiger partial charge in [0, 0.05) is 12.1 Å². The molecule has 0 aliphatic rings. The van der Waals surface area contributed by atoms with E-state index in [4.69, 9.17) is 24.1 Å². The zero-order valence-electron chi connectivity index (χ0n) is 9.70. The summed E-state index contributed by atoms with van der Waals surface area (Å²) < 4.78 is 15.7. The van der Waals surface area contributed by atoms with E-state index >= 15 is 0 Å². The van der Waals surface area contributed by atoms with Crippen molar-refractivity contribution in [3.63, 3.8) is 0 Å². The van der Waals surface area contributed by atoms with E-state index < -0.39 is 0 Å². The fourth-order valence-electron chi connectivity index (χ4n) is 1.40. The van der Waals surface area contributed by atoms with Gasteiger partial charge in [0.05, 0.1) is 19.8 Å². The van der Waals surface area contributed by atoms with Gasteiger partial charge in [-0.05, 0) is 24.1 Å². The number of hydrogen-bond acceptors (Lipinski definition) is 3. The van der Waals surface area contributed by atoms with Crippen LogP contribution in [0.15, 0.2) is 24.3 Å². The molecule has 0 N–H and O–H groups in total. The minimum absolute atomic E-state index is 0.01000. The Kier molecular flexibility index (Phi) is 8.13. The molecular formula is C12H16ClIO3. The summed E-state index contributed by atoms with van der Waals surface area (Å²) in [6.45, 7) is 1.73. The standard InChI is InChI=1S/C12H16ClIO3/c1-15-8-12(9-17-14)16-7-6-10-2-4-11(13)5-3-10/h2-5,12H,6-9H2,1H3/t12-/m0/s1. The van der Waals surface area contributed by atoms with Gasteiger partial charge in [-0.25, -0.2) is 0 Å². The molecule has 0 aliphatic carbocycles. The first-order valence-electron chi connectivity index (χ1n) is 5.34. The number of benzene rings is 1. The largest absolute Gasteiger partial charge is 0.382 e. The molecule has 0 aliphatic heterocycles. The number of rotatable bonds is 8. The molecule has 0 bridgehead atoms. The van der Waals surface area contributed by atoms with Gasteiger partial charge in [-0.2, -0.15) is 0 Å². The first-order valence-corrected chi connectivity index (χ1v) is 6.60. The molecule has 1 aromatic rings. The summed E-state index contributed by atoms with van der Waals surface area (Å²) in [5.41, 5.74) is 1.21. The van der Waals surface area contributed by atoms with Crippen LogP contribution in [0.1, 0.15) is 5.56 Å². The molecule has 0 saturated heterocycles. The predicted molar refractivity (Wildman–Crippen MR) is 76.7 cm³/mol. The fraction of sp³-hybridized carbons (Fsp3) is 0.500. The average Bonchev–Trinajstić information content (AvgIpc) is 2.32. The Hall–Kier alpha value is 0.120. The van der Waals surface area contributed by atoms with E-state index in [2.05, 4.69) is 0 Å². The normalized spacial score (nSPS) is 12.6. The average molecular weight is 371 g/mol. The molecule has 0 spiro atoms. The quantitative estimate of drug-likeness (QED) is 0.657. The fourth-order valence-corrected chi connectivity index (χ4v) is 1.92. The molecule has 0 fully saturated rings. The van der Waals surface area contributed by atoms with Crippen molar-refractivity contribution in [2.75, 3.05) is 26.9 Å². The van der Waals surface area contributed by atoms with Gasteiger partial charge in [0.15, 0.2) is 0 Å². The Balaban J connectivity index is 2.27. The summed E-state index contributed by atoms with van der Waals surface area (Å²) in [5, 5.41) is 0.755. The van der Waals surface area contributed by atoms with Crippen molar-refractivity contribution in [3.8, 4) is 0 Å². The van der Waals surface area contributed by atoms with E-state index in [1.165, 1.54) is 5.56 Å². The smallest absolute Gasteiger partial charge is 0.109 e. The first-order chi connectivity index (χ1) is 8.26. The van der Waals surface area contributed by atoms with Crippen LogP contribution in [0.3, 0.4) is 0 Å². The van der Waals surface area contributed by atoms with Gasteiger partial charge in [0.2, 0.25) is 0 Å². The van der Waals surface area contributed by atoms with Crippen molar-refractivity contribution in [1.82, 2.24) is 0 Å². The van der Waals surface area contributed by atoms with Gasteiger partial charge < -0.3 is 12.5 Å².